The third kappa shape index (κ3) is 2.94. The number of benzene rings is 1. The van der Waals surface area contributed by atoms with Gasteiger partial charge in [-0.05, 0) is 31.4 Å². The van der Waals surface area contributed by atoms with Gasteiger partial charge in [0.25, 0.3) is 5.69 Å². The summed E-state index contributed by atoms with van der Waals surface area (Å²) in [5.74, 6) is 0.571. The summed E-state index contributed by atoms with van der Waals surface area (Å²) in [6, 6.07) is 5.95. The molecule has 2 atom stereocenters. The van der Waals surface area contributed by atoms with Gasteiger partial charge in [0.05, 0.1) is 11.0 Å². The Morgan fingerprint density at radius 2 is 1.88 bits per heavy atom. The van der Waals surface area contributed by atoms with E-state index < -0.39 is 11.0 Å². The molecule has 0 spiro atoms. The Hall–Kier alpha value is -1.62. The van der Waals surface area contributed by atoms with Crippen LogP contribution in [0.15, 0.2) is 24.3 Å². The first-order valence-corrected chi connectivity index (χ1v) is 5.76. The zero-order valence-corrected chi connectivity index (χ0v) is 9.41. The maximum atomic E-state index is 10.5. The van der Waals surface area contributed by atoms with E-state index in [0.29, 0.717) is 5.75 Å². The molecule has 0 heterocycles. The van der Waals surface area contributed by atoms with Gasteiger partial charge in [-0.25, -0.2) is 0 Å². The van der Waals surface area contributed by atoms with E-state index in [0.717, 1.165) is 25.7 Å². The van der Waals surface area contributed by atoms with Crippen molar-refractivity contribution in [3.63, 3.8) is 0 Å². The maximum absolute atomic E-state index is 10.5. The maximum Gasteiger partial charge on any atom is 0.269 e. The van der Waals surface area contributed by atoms with Crippen molar-refractivity contribution in [1.82, 2.24) is 0 Å². The molecule has 0 unspecified atom stereocenters. The average molecular weight is 237 g/mol. The average Bonchev–Trinajstić information content (AvgIpc) is 2.33. The van der Waals surface area contributed by atoms with Gasteiger partial charge in [0.2, 0.25) is 0 Å². The highest BCUT2D eigenvalue weighted by atomic mass is 16.6. The molecule has 1 aromatic carbocycles. The van der Waals surface area contributed by atoms with Gasteiger partial charge in [-0.2, -0.15) is 0 Å². The Balaban J connectivity index is 2.00. The molecule has 0 amide bonds. The molecule has 1 N–H and O–H groups in total. The van der Waals surface area contributed by atoms with E-state index in [1.165, 1.54) is 12.1 Å². The van der Waals surface area contributed by atoms with Crippen LogP contribution in [-0.4, -0.2) is 22.2 Å². The third-order valence-electron chi connectivity index (χ3n) is 3.00. The van der Waals surface area contributed by atoms with Crippen molar-refractivity contribution in [2.45, 2.75) is 37.9 Å². The Kier molecular flexibility index (Phi) is 3.58. The number of ether oxygens (including phenoxy) is 1. The molecule has 5 heteroatoms. The van der Waals surface area contributed by atoms with Gasteiger partial charge in [0, 0.05) is 12.1 Å². The van der Waals surface area contributed by atoms with E-state index in [4.69, 9.17) is 4.74 Å². The molecule has 0 aliphatic heterocycles. The van der Waals surface area contributed by atoms with E-state index in [2.05, 4.69) is 0 Å². The third-order valence-corrected chi connectivity index (χ3v) is 3.00. The van der Waals surface area contributed by atoms with E-state index in [-0.39, 0.29) is 11.8 Å². The molecular weight excluding hydrogens is 222 g/mol. The largest absolute Gasteiger partial charge is 0.488 e. The lowest BCUT2D eigenvalue weighted by Crippen LogP contribution is -2.34. The van der Waals surface area contributed by atoms with Crippen LogP contribution < -0.4 is 4.74 Å². The molecule has 1 aromatic rings. The fourth-order valence-electron chi connectivity index (χ4n) is 2.04. The first kappa shape index (κ1) is 11.9. The second-order valence-corrected chi connectivity index (χ2v) is 4.26. The number of nitro groups is 1. The van der Waals surface area contributed by atoms with Crippen LogP contribution in [-0.2, 0) is 0 Å². The Morgan fingerprint density at radius 3 is 2.47 bits per heavy atom. The lowest BCUT2D eigenvalue weighted by Gasteiger charge is -2.28. The van der Waals surface area contributed by atoms with Crippen LogP contribution in [0, 0.1) is 10.1 Å². The molecule has 1 fully saturated rings. The summed E-state index contributed by atoms with van der Waals surface area (Å²) in [5, 5.41) is 20.2. The SMILES string of the molecule is O=[N+]([O-])c1ccc(O[C@@H]2CCCC[C@H]2O)cc1. The van der Waals surface area contributed by atoms with Crippen molar-refractivity contribution < 1.29 is 14.8 Å². The fraction of sp³-hybridized carbons (Fsp3) is 0.500. The minimum absolute atomic E-state index is 0.0431. The van der Waals surface area contributed by atoms with Crippen molar-refractivity contribution in [3.8, 4) is 5.75 Å². The van der Waals surface area contributed by atoms with E-state index in [1.54, 1.807) is 12.1 Å². The van der Waals surface area contributed by atoms with Crippen LogP contribution in [0.1, 0.15) is 25.7 Å². The number of non-ortho nitro benzene ring substituents is 1. The van der Waals surface area contributed by atoms with Crippen LogP contribution >= 0.6 is 0 Å². The lowest BCUT2D eigenvalue weighted by molar-refractivity contribution is -0.384. The molecular formula is C12H15NO4. The normalized spacial score (nSPS) is 24.3. The molecule has 0 radical (unpaired) electrons. The van der Waals surface area contributed by atoms with E-state index >= 15 is 0 Å². The first-order valence-electron chi connectivity index (χ1n) is 5.76. The second-order valence-electron chi connectivity index (χ2n) is 4.26. The van der Waals surface area contributed by atoms with Crippen LogP contribution in [0.5, 0.6) is 5.75 Å². The summed E-state index contributed by atoms with van der Waals surface area (Å²) in [5.41, 5.74) is 0.0431. The van der Waals surface area contributed by atoms with Gasteiger partial charge in [-0.1, -0.05) is 6.42 Å². The molecule has 92 valence electrons. The standard InChI is InChI=1S/C12H15NO4/c14-11-3-1-2-4-12(11)17-10-7-5-9(6-8-10)13(15)16/h5-8,11-12,14H,1-4H2/t11-,12-/m1/s1. The fourth-order valence-corrected chi connectivity index (χ4v) is 2.04. The van der Waals surface area contributed by atoms with Gasteiger partial charge >= 0.3 is 0 Å². The van der Waals surface area contributed by atoms with Crippen LogP contribution in [0.2, 0.25) is 0 Å². The molecule has 0 saturated heterocycles. The topological polar surface area (TPSA) is 72.6 Å². The van der Waals surface area contributed by atoms with Gasteiger partial charge in [-0.15, -0.1) is 0 Å². The van der Waals surface area contributed by atoms with E-state index in [9.17, 15) is 15.2 Å². The summed E-state index contributed by atoms with van der Waals surface area (Å²) in [7, 11) is 0. The summed E-state index contributed by atoms with van der Waals surface area (Å²) in [4.78, 5) is 10.0. The van der Waals surface area contributed by atoms with Crippen LogP contribution in [0.4, 0.5) is 5.69 Å². The highest BCUT2D eigenvalue weighted by Crippen LogP contribution is 2.25. The molecule has 2 rings (SSSR count). The number of hydrogen-bond acceptors (Lipinski definition) is 4. The smallest absolute Gasteiger partial charge is 0.269 e. The van der Waals surface area contributed by atoms with Crippen molar-refractivity contribution in [2.24, 2.45) is 0 Å². The van der Waals surface area contributed by atoms with Crippen molar-refractivity contribution in [2.75, 3.05) is 0 Å². The predicted molar refractivity (Wildman–Crippen MR) is 62.0 cm³/mol. The summed E-state index contributed by atoms with van der Waals surface area (Å²) >= 11 is 0. The van der Waals surface area contributed by atoms with Crippen LogP contribution in [0.3, 0.4) is 0 Å². The number of aliphatic hydroxyl groups is 1. The van der Waals surface area contributed by atoms with Crippen molar-refractivity contribution in [3.05, 3.63) is 34.4 Å². The molecule has 5 nitrogen and oxygen atoms in total. The molecule has 0 bridgehead atoms. The quantitative estimate of drug-likeness (QED) is 0.646. The highest BCUT2D eigenvalue weighted by Gasteiger charge is 2.24. The second kappa shape index (κ2) is 5.14. The zero-order chi connectivity index (χ0) is 12.3. The molecule has 1 aliphatic rings. The van der Waals surface area contributed by atoms with Crippen LogP contribution in [0.25, 0.3) is 0 Å². The minimum Gasteiger partial charge on any atom is -0.488 e. The number of hydrogen-bond donors (Lipinski definition) is 1. The van der Waals surface area contributed by atoms with Gasteiger partial charge in [-0.3, -0.25) is 10.1 Å². The monoisotopic (exact) mass is 237 g/mol. The Bertz CT molecular complexity index is 390. The molecule has 1 aliphatic carbocycles. The minimum atomic E-state index is -0.445. The molecule has 0 aromatic heterocycles. The lowest BCUT2D eigenvalue weighted by atomic mass is 9.95. The number of rotatable bonds is 3. The molecule has 17 heavy (non-hydrogen) atoms. The van der Waals surface area contributed by atoms with E-state index in [1.807, 2.05) is 0 Å². The summed E-state index contributed by atoms with van der Waals surface area (Å²) in [6.07, 6.45) is 3.05. The van der Waals surface area contributed by atoms with Gasteiger partial charge in [0.15, 0.2) is 0 Å². The van der Waals surface area contributed by atoms with Gasteiger partial charge in [0.1, 0.15) is 11.9 Å². The van der Waals surface area contributed by atoms with Gasteiger partial charge < -0.3 is 9.84 Å². The van der Waals surface area contributed by atoms with Crippen molar-refractivity contribution in [1.29, 1.82) is 0 Å². The summed E-state index contributed by atoms with van der Waals surface area (Å²) in [6.45, 7) is 0. The molecule has 1 saturated carbocycles. The number of nitro benzene ring substituents is 1. The number of nitrogens with zero attached hydrogens (tertiary/aromatic N) is 1. The highest BCUT2D eigenvalue weighted by molar-refractivity contribution is 5.36. The predicted octanol–water partition coefficient (Wildman–Crippen LogP) is 2.28. The number of aliphatic hydroxyl groups excluding tert-OH is 1. The van der Waals surface area contributed by atoms with Crippen molar-refractivity contribution >= 4 is 5.69 Å². The Labute approximate surface area is 99.2 Å². The Morgan fingerprint density at radius 1 is 1.24 bits per heavy atom. The first-order chi connectivity index (χ1) is 8.16. The summed E-state index contributed by atoms with van der Waals surface area (Å²) < 4.78 is 5.63. The zero-order valence-electron chi connectivity index (χ0n) is 9.41.